The molecule has 2 saturated carbocycles. The topological polar surface area (TPSA) is 292 Å². The Balaban J connectivity index is 0.000000187. The smallest absolute Gasteiger partial charge is 0.358 e. The highest BCUT2D eigenvalue weighted by Crippen LogP contribution is 2.58. The van der Waals surface area contributed by atoms with Gasteiger partial charge in [0.05, 0.1) is 80.1 Å². The molecule has 0 bridgehead atoms. The van der Waals surface area contributed by atoms with Crippen LogP contribution in [0.15, 0.2) is 81.8 Å². The number of amides is 2. The van der Waals surface area contributed by atoms with Crippen molar-refractivity contribution in [2.24, 2.45) is 81.2 Å². The van der Waals surface area contributed by atoms with E-state index in [1.807, 2.05) is 46.8 Å². The van der Waals surface area contributed by atoms with E-state index >= 15 is 0 Å². The predicted molar refractivity (Wildman–Crippen MR) is 453 cm³/mol. The van der Waals surface area contributed by atoms with Crippen LogP contribution in [0.1, 0.15) is 190 Å². The van der Waals surface area contributed by atoms with Gasteiger partial charge in [0, 0.05) is 96.4 Å². The minimum absolute atomic E-state index is 0.0364. The van der Waals surface area contributed by atoms with Crippen LogP contribution < -0.4 is 5.43 Å². The van der Waals surface area contributed by atoms with E-state index in [-0.39, 0.29) is 200 Å². The Morgan fingerprint density at radius 3 is 1.49 bits per heavy atom. The number of allylic oxidation sites excluding steroid dienone is 8. The van der Waals surface area contributed by atoms with Crippen LogP contribution in [0.2, 0.25) is 0 Å². The first-order valence-electron chi connectivity index (χ1n) is 45.2. The fourth-order valence-corrected chi connectivity index (χ4v) is 22.4. The number of likely N-dealkylation sites (N-methyl/N-ethyl adjacent to an activating group) is 2. The molecule has 28 nitrogen and oxygen atoms in total. The summed E-state index contributed by atoms with van der Waals surface area (Å²) in [6, 6.07) is 4.02. The summed E-state index contributed by atoms with van der Waals surface area (Å²) in [5.41, 5.74) is 6.85. The third-order valence-corrected chi connectivity index (χ3v) is 28.9. The number of urea groups is 1. The van der Waals surface area contributed by atoms with Crippen molar-refractivity contribution in [1.82, 2.24) is 25.2 Å². The molecule has 676 valence electrons. The number of esters is 2. The number of carbonyl (C=O) groups is 5. The molecule has 1 N–H and O–H groups in total. The Hall–Kier alpha value is -5.64. The van der Waals surface area contributed by atoms with Crippen LogP contribution in [0.3, 0.4) is 0 Å². The lowest BCUT2D eigenvalue weighted by Gasteiger charge is -2.44. The second kappa shape index (κ2) is 43.2. The van der Waals surface area contributed by atoms with Gasteiger partial charge in [0.25, 0.3) is 0 Å². The molecule has 6 aliphatic carbocycles. The molecular formula is C93H143N7O21. The molecule has 0 aromatic carbocycles. The SMILES string of the molecule is CC1=NNC(=O)N(/N=C/c2cccnc2)C1.CC[C@H]1CCC[C@H](O[C@H]2CC[C@H](N(C)C)[C@@H](C)O2)[C@@H](C)C(=O)C2=C[C@@H]3[C@@H](C=C(C)[C@@H]4C[C@@H](O[C@@H]5O[C@@H](C)[C@H](OC)[C@@H](OC)[C@H]5OC)C[C@@H]34)[C@@H]2CC(=O)O1.CC[C@H]1CCC[C@H](O[C@H]2CC[C@H](N(C)C)[C@@H](C)O2)[C@@H](C)C(=O)C2=C[C@@H]3[C@@H](C=C[C@@H]4C[C@@H](O[C@@H]5O[C@@H](C)[C@H](OC)[C@@H](OC)[C@H]5OC)C[C@@H]34)[C@@H]2CC(=O)O1. The lowest BCUT2D eigenvalue weighted by molar-refractivity contribution is -0.314. The number of hydrogen-bond donors (Lipinski definition) is 1. The molecule has 8 heterocycles. The van der Waals surface area contributed by atoms with Gasteiger partial charge >= 0.3 is 18.0 Å². The molecule has 0 radical (unpaired) electrons. The summed E-state index contributed by atoms with van der Waals surface area (Å²) in [6.07, 6.45) is 24.3. The molecule has 7 aliphatic heterocycles. The first-order valence-corrected chi connectivity index (χ1v) is 45.2. The summed E-state index contributed by atoms with van der Waals surface area (Å²) in [5.74, 6) is 0.0293. The molecule has 0 unspecified atom stereocenters. The predicted octanol–water partition coefficient (Wildman–Crippen LogP) is 12.2. The van der Waals surface area contributed by atoms with Crippen molar-refractivity contribution in [3.05, 3.63) is 77.2 Å². The van der Waals surface area contributed by atoms with E-state index < -0.39 is 24.8 Å². The Bertz CT molecular complexity index is 3790. The normalized spacial score (nSPS) is 41.6. The number of methoxy groups -OCH3 is 6. The molecule has 1 aromatic heterocycles. The largest absolute Gasteiger partial charge is 0.462 e. The van der Waals surface area contributed by atoms with Gasteiger partial charge < -0.3 is 85.6 Å². The first kappa shape index (κ1) is 94.5. The van der Waals surface area contributed by atoms with Crippen LogP contribution in [-0.2, 0) is 95.0 Å². The van der Waals surface area contributed by atoms with Gasteiger partial charge in [0.1, 0.15) is 48.8 Å². The number of carbonyl (C=O) groups excluding carboxylic acids is 5. The number of hydrogen-bond acceptors (Lipinski definition) is 26. The van der Waals surface area contributed by atoms with Crippen LogP contribution in [0.5, 0.6) is 0 Å². The Morgan fingerprint density at radius 1 is 0.529 bits per heavy atom. The number of Topliss-reactive ketones (excluding diaryl/α,β-unsaturated/α-hetero) is 2. The average Bonchev–Trinajstić information content (AvgIpc) is 1.60. The highest BCUT2D eigenvalue weighted by Gasteiger charge is 2.57. The minimum Gasteiger partial charge on any atom is -0.462 e. The monoisotopic (exact) mass is 1690 g/mol. The standard InChI is InChI=1S/C42H67NO10.C41H65NO10.C10H11N5O/c1-11-26-13-12-14-35(53-37-16-15-34(43(6)7)24(4)49-37)23(3)38(45)33-20-31-29(32(33)21-36(44)51-26)17-22(2)28-18-27(19-30(28)31)52-42-41(48-10)40(47-9)39(46-8)25(5)50-42;1-10-26-12-11-13-34(52-36-17-16-33(42(5)6)23(3)48-36)22(2)37(44)32-20-30-28(31(32)21-35(43)50-26)15-14-25-18-27(19-29(25)30)51-41-40(47-9)39(46-8)38(45-7)24(4)49-41;1-8-7-15(10(16)14-13-8)12-6-9-3-2-4-11-5-9/h17,20,23-32,34-35,37,39-42H,11-16,18-19,21H2,1-10H3;14-15,20,22-31,33-34,36,38-41H,10-13,16-19,21H2,1-9H3;2-6H,7H2,1H3,(H,14,16)/b;;12-6+/t23-,24-,25+,26+,27-,28+,29-,30-,31-,32+,34+,35+,37+,39+,40-,41-,42+;22-,23-,24+,25-,26+,27-,28-,29-,30-,31+,33+,34+,36+,38+,39-,40-,41+;/m11./s1. The van der Waals surface area contributed by atoms with Crippen molar-refractivity contribution in [2.45, 2.75) is 320 Å². The number of hydrazone groups is 2. The highest BCUT2D eigenvalue weighted by molar-refractivity contribution is 6.00. The second-order valence-electron chi connectivity index (χ2n) is 36.8. The summed E-state index contributed by atoms with van der Waals surface area (Å²) in [4.78, 5) is 76.2. The average molecular weight is 1700 g/mol. The van der Waals surface area contributed by atoms with Crippen molar-refractivity contribution >= 4 is 41.5 Å². The van der Waals surface area contributed by atoms with Gasteiger partial charge in [-0.1, -0.05) is 69.7 Å². The van der Waals surface area contributed by atoms with Gasteiger partial charge in [-0.2, -0.15) is 10.2 Å². The van der Waals surface area contributed by atoms with Gasteiger partial charge in [-0.15, -0.1) is 0 Å². The summed E-state index contributed by atoms with van der Waals surface area (Å²) >= 11 is 0. The van der Waals surface area contributed by atoms with E-state index in [2.05, 4.69) is 124 Å². The summed E-state index contributed by atoms with van der Waals surface area (Å²) in [7, 11) is 18.3. The van der Waals surface area contributed by atoms with Gasteiger partial charge in [0.15, 0.2) is 36.7 Å². The van der Waals surface area contributed by atoms with Crippen molar-refractivity contribution in [1.29, 1.82) is 0 Å². The molecule has 0 spiro atoms. The molecular weight excluding hydrogens is 1550 g/mol. The molecule has 13 aliphatic rings. The van der Waals surface area contributed by atoms with Crippen molar-refractivity contribution in [2.75, 3.05) is 77.4 Å². The number of cyclic esters (lactones) is 2. The van der Waals surface area contributed by atoms with Crippen LogP contribution in [0.25, 0.3) is 0 Å². The number of ketones is 2. The van der Waals surface area contributed by atoms with E-state index in [0.29, 0.717) is 43.3 Å². The lowest BCUT2D eigenvalue weighted by Crippen LogP contribution is -2.59. The van der Waals surface area contributed by atoms with Crippen LogP contribution >= 0.6 is 0 Å². The third-order valence-electron chi connectivity index (χ3n) is 28.9. The number of aromatic nitrogens is 1. The van der Waals surface area contributed by atoms with E-state index in [0.717, 1.165) is 112 Å². The fraction of sp³-hybridized carbons (Fsp3) is 0.785. The molecule has 14 rings (SSSR count). The molecule has 2 amide bonds. The fourth-order valence-electron chi connectivity index (χ4n) is 22.4. The number of nitrogens with one attached hydrogen (secondary N) is 1. The van der Waals surface area contributed by atoms with Crippen LogP contribution in [0.4, 0.5) is 4.79 Å². The van der Waals surface area contributed by atoms with Gasteiger partial charge in [-0.3, -0.25) is 24.2 Å². The van der Waals surface area contributed by atoms with E-state index in [4.69, 9.17) is 75.8 Å². The molecule has 34 atom stereocenters. The molecule has 121 heavy (non-hydrogen) atoms. The zero-order chi connectivity index (χ0) is 86.8. The van der Waals surface area contributed by atoms with Crippen molar-refractivity contribution < 1.29 is 99.8 Å². The molecule has 1 aromatic rings. The maximum Gasteiger partial charge on any atom is 0.358 e. The highest BCUT2D eigenvalue weighted by atomic mass is 16.7. The number of rotatable bonds is 20. The Kier molecular flexibility index (Phi) is 33.8. The van der Waals surface area contributed by atoms with Crippen molar-refractivity contribution in [3.63, 3.8) is 0 Å². The summed E-state index contributed by atoms with van der Waals surface area (Å²) in [6.45, 7) is 20.8. The quantitative estimate of drug-likeness (QED) is 0.0720. The zero-order valence-corrected chi connectivity index (χ0v) is 75.6. The number of fused-ring (bicyclic) bond motifs is 10. The second-order valence-corrected chi connectivity index (χ2v) is 36.8. The van der Waals surface area contributed by atoms with Crippen LogP contribution in [-0.4, -0.2) is 274 Å². The van der Waals surface area contributed by atoms with E-state index in [9.17, 15) is 24.0 Å². The molecule has 8 fully saturated rings. The van der Waals surface area contributed by atoms with Gasteiger partial charge in [-0.25, -0.2) is 15.2 Å². The molecule has 28 heteroatoms. The van der Waals surface area contributed by atoms with Gasteiger partial charge in [0.2, 0.25) is 0 Å². The lowest BCUT2D eigenvalue weighted by atomic mass is 9.67. The zero-order valence-electron chi connectivity index (χ0n) is 75.6. The van der Waals surface area contributed by atoms with Crippen molar-refractivity contribution in [3.8, 4) is 0 Å². The maximum absolute atomic E-state index is 14.7. The summed E-state index contributed by atoms with van der Waals surface area (Å²) in [5, 5.41) is 9.18. The number of ether oxygens (including phenoxy) is 16. The first-order chi connectivity index (χ1) is 58.1. The van der Waals surface area contributed by atoms with E-state index in [1.165, 1.54) is 10.6 Å². The Morgan fingerprint density at radius 2 is 1.02 bits per heavy atom. The summed E-state index contributed by atoms with van der Waals surface area (Å²) < 4.78 is 99.3. The maximum atomic E-state index is 14.7. The van der Waals surface area contributed by atoms with Gasteiger partial charge in [-0.05, 0) is 237 Å². The number of nitrogens with zero attached hydrogens (tertiary/aromatic N) is 6. The number of pyridine rings is 1. The Labute approximate surface area is 718 Å². The molecule has 6 saturated heterocycles. The van der Waals surface area contributed by atoms with E-state index in [1.54, 1.807) is 61.3 Å². The third kappa shape index (κ3) is 22.1. The van der Waals surface area contributed by atoms with Crippen LogP contribution in [0, 0.1) is 71.0 Å². The minimum atomic E-state index is -0.598.